The average Bonchev–Trinajstić information content (AvgIpc) is 2.67. The molecule has 162 valence electrons. The van der Waals surface area contributed by atoms with Crippen LogP contribution < -0.4 is 0 Å². The third-order valence-electron chi connectivity index (χ3n) is 5.14. The van der Waals surface area contributed by atoms with Crippen molar-refractivity contribution in [2.75, 3.05) is 13.2 Å². The Morgan fingerprint density at radius 1 is 0.593 bits per heavy atom. The summed E-state index contributed by atoms with van der Waals surface area (Å²) < 4.78 is 11.2. The van der Waals surface area contributed by atoms with E-state index in [0.717, 1.165) is 38.5 Å². The maximum absolute atomic E-state index is 12.2. The van der Waals surface area contributed by atoms with E-state index >= 15 is 0 Å². The van der Waals surface area contributed by atoms with Crippen LogP contribution in [0.1, 0.15) is 130 Å². The van der Waals surface area contributed by atoms with Gasteiger partial charge in [0.25, 0.3) is 0 Å². The molecule has 0 aromatic heterocycles. The van der Waals surface area contributed by atoms with Gasteiger partial charge in [0, 0.05) is 6.61 Å². The van der Waals surface area contributed by atoms with Crippen LogP contribution in [0.2, 0.25) is 0 Å². The highest BCUT2D eigenvalue weighted by atomic mass is 16.6. The summed E-state index contributed by atoms with van der Waals surface area (Å²) in [5.74, 6) is -0.150. The monoisotopic (exact) mass is 384 g/mol. The number of unbranched alkanes of at least 4 members (excludes halogenated alkanes) is 13. The van der Waals surface area contributed by atoms with Gasteiger partial charge in [0.2, 0.25) is 0 Å². The van der Waals surface area contributed by atoms with Crippen LogP contribution in [-0.2, 0) is 14.3 Å². The highest BCUT2D eigenvalue weighted by molar-refractivity contribution is 5.74. The molecule has 0 radical (unpaired) electrons. The first-order valence-corrected chi connectivity index (χ1v) is 12.0. The van der Waals surface area contributed by atoms with Crippen molar-refractivity contribution >= 4 is 5.97 Å². The molecular weight excluding hydrogens is 336 g/mol. The van der Waals surface area contributed by atoms with Crippen molar-refractivity contribution in [2.24, 2.45) is 0 Å². The predicted octanol–water partition coefficient (Wildman–Crippen LogP) is 7.61. The third-order valence-corrected chi connectivity index (χ3v) is 5.14. The number of hydrogen-bond acceptors (Lipinski definition) is 3. The molecule has 1 unspecified atom stereocenters. The second-order valence-corrected chi connectivity index (χ2v) is 7.91. The second-order valence-electron chi connectivity index (χ2n) is 7.91. The first-order valence-electron chi connectivity index (χ1n) is 12.0. The Balaban J connectivity index is 3.68. The molecule has 0 aliphatic heterocycles. The molecule has 1 atom stereocenters. The van der Waals surface area contributed by atoms with E-state index in [1.54, 1.807) is 0 Å². The van der Waals surface area contributed by atoms with Gasteiger partial charge >= 0.3 is 5.97 Å². The zero-order valence-electron chi connectivity index (χ0n) is 18.7. The van der Waals surface area contributed by atoms with Crippen LogP contribution in [0.5, 0.6) is 0 Å². The lowest BCUT2D eigenvalue weighted by Gasteiger charge is -2.17. The lowest BCUT2D eigenvalue weighted by molar-refractivity contribution is -0.158. The first-order chi connectivity index (χ1) is 13.3. The van der Waals surface area contributed by atoms with E-state index in [0.29, 0.717) is 13.2 Å². The maximum atomic E-state index is 12.2. The van der Waals surface area contributed by atoms with Gasteiger partial charge in [-0.15, -0.1) is 0 Å². The lowest BCUT2D eigenvalue weighted by atomic mass is 10.0. The van der Waals surface area contributed by atoms with E-state index in [-0.39, 0.29) is 12.1 Å². The molecule has 0 heterocycles. The first kappa shape index (κ1) is 26.4. The van der Waals surface area contributed by atoms with E-state index in [9.17, 15) is 4.79 Å². The van der Waals surface area contributed by atoms with Crippen LogP contribution in [0, 0.1) is 0 Å². The number of carbonyl (C=O) groups is 1. The van der Waals surface area contributed by atoms with Gasteiger partial charge in [-0.05, 0) is 19.3 Å². The van der Waals surface area contributed by atoms with Crippen LogP contribution in [0.15, 0.2) is 0 Å². The lowest BCUT2D eigenvalue weighted by Crippen LogP contribution is -2.27. The molecule has 0 bridgehead atoms. The van der Waals surface area contributed by atoms with Gasteiger partial charge < -0.3 is 9.47 Å². The van der Waals surface area contributed by atoms with Crippen molar-refractivity contribution in [1.82, 2.24) is 0 Å². The Hall–Kier alpha value is -0.570. The van der Waals surface area contributed by atoms with Crippen molar-refractivity contribution in [2.45, 2.75) is 136 Å². The molecule has 0 aliphatic rings. The smallest absolute Gasteiger partial charge is 0.335 e. The summed E-state index contributed by atoms with van der Waals surface area (Å²) in [5, 5.41) is 0. The molecule has 0 amide bonds. The van der Waals surface area contributed by atoms with E-state index in [2.05, 4.69) is 20.8 Å². The summed E-state index contributed by atoms with van der Waals surface area (Å²) in [7, 11) is 0. The van der Waals surface area contributed by atoms with Gasteiger partial charge in [-0.3, -0.25) is 0 Å². The molecule has 0 rings (SSSR count). The Labute approximate surface area is 170 Å². The SMILES string of the molecule is CCCCCCCCCCCCCCC(OCCCC)C(=O)OCCCC. The van der Waals surface area contributed by atoms with Crippen molar-refractivity contribution in [1.29, 1.82) is 0 Å². The van der Waals surface area contributed by atoms with Gasteiger partial charge in [-0.2, -0.15) is 0 Å². The van der Waals surface area contributed by atoms with Crippen LogP contribution in [0.4, 0.5) is 0 Å². The number of rotatable bonds is 21. The Kier molecular flexibility index (Phi) is 21.3. The fourth-order valence-corrected chi connectivity index (χ4v) is 3.22. The standard InChI is InChI=1S/C24H48O3/c1-4-7-10-11-12-13-14-15-16-17-18-19-20-23(26-21-8-5-2)24(25)27-22-9-6-3/h23H,4-22H2,1-3H3. The van der Waals surface area contributed by atoms with E-state index in [1.165, 1.54) is 70.6 Å². The number of hydrogen-bond donors (Lipinski definition) is 0. The average molecular weight is 385 g/mol. The molecule has 27 heavy (non-hydrogen) atoms. The molecule has 0 aromatic rings. The summed E-state index contributed by atoms with van der Waals surface area (Å²) in [6.07, 6.45) is 20.6. The summed E-state index contributed by atoms with van der Waals surface area (Å²) in [4.78, 5) is 12.2. The van der Waals surface area contributed by atoms with Gasteiger partial charge in [-0.25, -0.2) is 4.79 Å². The van der Waals surface area contributed by atoms with Crippen molar-refractivity contribution in [3.05, 3.63) is 0 Å². The van der Waals surface area contributed by atoms with Crippen LogP contribution >= 0.6 is 0 Å². The molecule has 0 spiro atoms. The molecular formula is C24H48O3. The predicted molar refractivity (Wildman–Crippen MR) is 116 cm³/mol. The fourth-order valence-electron chi connectivity index (χ4n) is 3.22. The number of esters is 1. The normalized spacial score (nSPS) is 12.3. The minimum atomic E-state index is -0.350. The largest absolute Gasteiger partial charge is 0.464 e. The summed E-state index contributed by atoms with van der Waals surface area (Å²) in [6.45, 7) is 7.72. The van der Waals surface area contributed by atoms with Crippen LogP contribution in [0.3, 0.4) is 0 Å². The molecule has 3 heteroatoms. The minimum Gasteiger partial charge on any atom is -0.464 e. The molecule has 3 nitrogen and oxygen atoms in total. The molecule has 0 saturated heterocycles. The van der Waals surface area contributed by atoms with Gasteiger partial charge in [-0.1, -0.05) is 111 Å². The molecule has 0 aromatic carbocycles. The number of carbonyl (C=O) groups excluding carboxylic acids is 1. The van der Waals surface area contributed by atoms with E-state index < -0.39 is 0 Å². The van der Waals surface area contributed by atoms with Gasteiger partial charge in [0.1, 0.15) is 0 Å². The molecule has 0 saturated carbocycles. The molecule has 0 aliphatic carbocycles. The van der Waals surface area contributed by atoms with Crippen LogP contribution in [-0.4, -0.2) is 25.3 Å². The van der Waals surface area contributed by atoms with Crippen molar-refractivity contribution in [3.8, 4) is 0 Å². The van der Waals surface area contributed by atoms with E-state index in [4.69, 9.17) is 9.47 Å². The highest BCUT2D eigenvalue weighted by Crippen LogP contribution is 2.14. The minimum absolute atomic E-state index is 0.150. The van der Waals surface area contributed by atoms with Gasteiger partial charge in [0.05, 0.1) is 6.61 Å². The summed E-state index contributed by atoms with van der Waals surface area (Å²) in [5.41, 5.74) is 0. The van der Waals surface area contributed by atoms with Crippen molar-refractivity contribution < 1.29 is 14.3 Å². The number of ether oxygens (including phenoxy) is 2. The van der Waals surface area contributed by atoms with Crippen molar-refractivity contribution in [3.63, 3.8) is 0 Å². The Bertz CT molecular complexity index is 304. The summed E-state index contributed by atoms with van der Waals surface area (Å²) >= 11 is 0. The third kappa shape index (κ3) is 18.6. The Morgan fingerprint density at radius 3 is 1.56 bits per heavy atom. The van der Waals surface area contributed by atoms with E-state index in [1.807, 2.05) is 0 Å². The fraction of sp³-hybridized carbons (Fsp3) is 0.958. The zero-order chi connectivity index (χ0) is 20.0. The Morgan fingerprint density at radius 2 is 1.04 bits per heavy atom. The second kappa shape index (κ2) is 21.7. The zero-order valence-corrected chi connectivity index (χ0v) is 18.7. The quantitative estimate of drug-likeness (QED) is 0.151. The summed E-state index contributed by atoms with van der Waals surface area (Å²) in [6, 6.07) is 0. The molecule has 0 N–H and O–H groups in total. The highest BCUT2D eigenvalue weighted by Gasteiger charge is 2.20. The van der Waals surface area contributed by atoms with Gasteiger partial charge in [0.15, 0.2) is 6.10 Å². The topological polar surface area (TPSA) is 35.5 Å². The van der Waals surface area contributed by atoms with Crippen LogP contribution in [0.25, 0.3) is 0 Å². The molecule has 0 fully saturated rings. The maximum Gasteiger partial charge on any atom is 0.335 e.